The van der Waals surface area contributed by atoms with Crippen molar-refractivity contribution in [2.24, 2.45) is 5.92 Å². The van der Waals surface area contributed by atoms with Gasteiger partial charge in [0.2, 0.25) is 5.91 Å². The molecule has 4 amide bonds. The van der Waals surface area contributed by atoms with Crippen molar-refractivity contribution in [3.8, 4) is 11.5 Å². The summed E-state index contributed by atoms with van der Waals surface area (Å²) in [6.07, 6.45) is -0.665. The molecule has 1 saturated heterocycles. The Labute approximate surface area is 301 Å². The van der Waals surface area contributed by atoms with Crippen LogP contribution in [0.2, 0.25) is 0 Å². The number of ether oxygens (including phenoxy) is 3. The first-order valence-corrected chi connectivity index (χ1v) is 17.0. The van der Waals surface area contributed by atoms with E-state index in [4.69, 9.17) is 19.2 Å². The highest BCUT2D eigenvalue weighted by atomic mass is 19.1. The molecule has 3 aromatic carbocycles. The summed E-state index contributed by atoms with van der Waals surface area (Å²) >= 11 is 0. The van der Waals surface area contributed by atoms with E-state index in [0.29, 0.717) is 33.8 Å². The first-order valence-electron chi connectivity index (χ1n) is 17.0. The summed E-state index contributed by atoms with van der Waals surface area (Å²) < 4.78 is 31.3. The molecule has 1 aliphatic heterocycles. The second-order valence-electron chi connectivity index (χ2n) is 12.5. The van der Waals surface area contributed by atoms with Crippen LogP contribution in [0.15, 0.2) is 71.5 Å². The van der Waals surface area contributed by atoms with Crippen molar-refractivity contribution in [2.45, 2.75) is 39.8 Å². The van der Waals surface area contributed by atoms with Gasteiger partial charge in [0.25, 0.3) is 5.56 Å². The lowest BCUT2D eigenvalue weighted by atomic mass is 10.0. The molecule has 5 rings (SSSR count). The van der Waals surface area contributed by atoms with E-state index in [0.717, 1.165) is 0 Å². The SMILES string of the molecule is CCOC(=O)NC(C(=O)N1CCN(n2c(C(C)N(C(=O)Nc3ccc(F)cc3)c3ccc(OC)cc3OC)nc3ccccc3c2=O)CC1)C(C)C. The van der Waals surface area contributed by atoms with Crippen molar-refractivity contribution in [1.82, 2.24) is 19.9 Å². The van der Waals surface area contributed by atoms with Crippen molar-refractivity contribution < 1.29 is 33.0 Å². The number of benzene rings is 3. The number of hydrogen-bond donors (Lipinski definition) is 2. The number of methoxy groups -OCH3 is 2. The van der Waals surface area contributed by atoms with Crippen LogP contribution in [0.4, 0.5) is 25.4 Å². The van der Waals surface area contributed by atoms with Crippen LogP contribution in [0.25, 0.3) is 10.9 Å². The third-order valence-electron chi connectivity index (χ3n) is 8.83. The number of nitrogens with one attached hydrogen (secondary N) is 2. The molecule has 2 heterocycles. The predicted molar refractivity (Wildman–Crippen MR) is 195 cm³/mol. The molecular formula is C37H44FN7O7. The number of piperazine rings is 1. The zero-order chi connectivity index (χ0) is 37.5. The third kappa shape index (κ3) is 8.03. The second kappa shape index (κ2) is 16.4. The second-order valence-corrected chi connectivity index (χ2v) is 12.5. The van der Waals surface area contributed by atoms with Crippen LogP contribution in [0.3, 0.4) is 0 Å². The van der Waals surface area contributed by atoms with Crippen LogP contribution >= 0.6 is 0 Å². The molecule has 2 N–H and O–H groups in total. The van der Waals surface area contributed by atoms with Gasteiger partial charge < -0.3 is 34.8 Å². The van der Waals surface area contributed by atoms with Crippen LogP contribution in [0.1, 0.15) is 39.6 Å². The van der Waals surface area contributed by atoms with E-state index in [1.54, 1.807) is 61.2 Å². The Bertz CT molecular complexity index is 1960. The summed E-state index contributed by atoms with van der Waals surface area (Å²) in [6.45, 7) is 8.30. The molecule has 4 aromatic rings. The molecule has 52 heavy (non-hydrogen) atoms. The normalized spacial score (nSPS) is 14.1. The zero-order valence-electron chi connectivity index (χ0n) is 30.1. The molecular weight excluding hydrogens is 673 g/mol. The summed E-state index contributed by atoms with van der Waals surface area (Å²) in [5.74, 6) is 0.156. The van der Waals surface area contributed by atoms with Gasteiger partial charge in [0.05, 0.1) is 56.5 Å². The molecule has 1 fully saturated rings. The highest BCUT2D eigenvalue weighted by Gasteiger charge is 2.35. The molecule has 0 bridgehead atoms. The maximum atomic E-state index is 14.4. The van der Waals surface area contributed by atoms with Gasteiger partial charge >= 0.3 is 12.1 Å². The van der Waals surface area contributed by atoms with E-state index < -0.39 is 30.0 Å². The van der Waals surface area contributed by atoms with E-state index in [1.165, 1.54) is 48.1 Å². The molecule has 276 valence electrons. The Morgan fingerprint density at radius 2 is 1.63 bits per heavy atom. The number of urea groups is 1. The van der Waals surface area contributed by atoms with E-state index in [2.05, 4.69) is 10.6 Å². The number of nitrogens with zero attached hydrogens (tertiary/aromatic N) is 5. The zero-order valence-corrected chi connectivity index (χ0v) is 30.1. The van der Waals surface area contributed by atoms with Crippen LogP contribution in [0.5, 0.6) is 11.5 Å². The average Bonchev–Trinajstić information content (AvgIpc) is 3.14. The van der Waals surface area contributed by atoms with Gasteiger partial charge in [-0.2, -0.15) is 0 Å². The van der Waals surface area contributed by atoms with Gasteiger partial charge in [-0.1, -0.05) is 26.0 Å². The van der Waals surface area contributed by atoms with E-state index in [-0.39, 0.29) is 56.0 Å². The Hall–Kier alpha value is -5.86. The molecule has 15 heteroatoms. The number of fused-ring (bicyclic) bond motifs is 1. The Balaban J connectivity index is 1.55. The lowest BCUT2D eigenvalue weighted by Crippen LogP contribution is -2.60. The van der Waals surface area contributed by atoms with Crippen LogP contribution in [0, 0.1) is 11.7 Å². The van der Waals surface area contributed by atoms with Crippen molar-refractivity contribution in [3.05, 3.63) is 88.7 Å². The summed E-state index contributed by atoms with van der Waals surface area (Å²) in [7, 11) is 2.98. The highest BCUT2D eigenvalue weighted by Crippen LogP contribution is 2.37. The molecule has 0 radical (unpaired) electrons. The summed E-state index contributed by atoms with van der Waals surface area (Å²) in [5.41, 5.74) is 0.785. The molecule has 2 atom stereocenters. The molecule has 1 aromatic heterocycles. The number of hydrogen-bond acceptors (Lipinski definition) is 9. The van der Waals surface area contributed by atoms with Gasteiger partial charge in [-0.3, -0.25) is 14.5 Å². The van der Waals surface area contributed by atoms with Crippen molar-refractivity contribution >= 4 is 40.3 Å². The number of aromatic nitrogens is 2. The van der Waals surface area contributed by atoms with Crippen molar-refractivity contribution in [2.75, 3.05) is 62.2 Å². The lowest BCUT2D eigenvalue weighted by Gasteiger charge is -2.40. The van der Waals surface area contributed by atoms with Crippen molar-refractivity contribution in [1.29, 1.82) is 0 Å². The van der Waals surface area contributed by atoms with Crippen LogP contribution in [-0.4, -0.2) is 85.6 Å². The number of carbonyl (C=O) groups is 3. The summed E-state index contributed by atoms with van der Waals surface area (Å²) in [4.78, 5) is 62.4. The number of alkyl carbamates (subject to hydrolysis) is 1. The molecule has 14 nitrogen and oxygen atoms in total. The number of rotatable bonds is 11. The fourth-order valence-corrected chi connectivity index (χ4v) is 6.12. The minimum atomic E-state index is -0.890. The van der Waals surface area contributed by atoms with E-state index in [9.17, 15) is 23.6 Å². The minimum Gasteiger partial charge on any atom is -0.497 e. The van der Waals surface area contributed by atoms with Crippen LogP contribution < -0.4 is 35.6 Å². The topological polar surface area (TPSA) is 148 Å². The third-order valence-corrected chi connectivity index (χ3v) is 8.83. The standard InChI is InChI=1S/C37H44FN7O7/c1-7-52-37(49)41-32(23(2)3)35(47)42-18-20-43(21-19-42)45-33(40-29-11-9-8-10-28(29)34(45)46)24(4)44(30-17-16-27(50-5)22-31(30)51-6)36(48)39-26-14-12-25(38)13-15-26/h8-17,22-24,32H,7,18-21H2,1-6H3,(H,39,48)(H,41,49). The maximum absolute atomic E-state index is 14.4. The number of para-hydroxylation sites is 1. The van der Waals surface area contributed by atoms with Gasteiger partial charge in [0.1, 0.15) is 23.4 Å². The predicted octanol–water partition coefficient (Wildman–Crippen LogP) is 4.90. The number of carbonyl (C=O) groups excluding carboxylic acids is 3. The molecule has 0 saturated carbocycles. The molecule has 2 unspecified atom stereocenters. The Morgan fingerprint density at radius 1 is 0.942 bits per heavy atom. The smallest absolute Gasteiger partial charge is 0.407 e. The van der Waals surface area contributed by atoms with Crippen molar-refractivity contribution in [3.63, 3.8) is 0 Å². The Morgan fingerprint density at radius 3 is 2.27 bits per heavy atom. The Kier molecular flexibility index (Phi) is 11.8. The monoisotopic (exact) mass is 717 g/mol. The largest absolute Gasteiger partial charge is 0.497 e. The lowest BCUT2D eigenvalue weighted by molar-refractivity contribution is -0.134. The molecule has 0 aliphatic carbocycles. The van der Waals surface area contributed by atoms with Gasteiger partial charge in [0.15, 0.2) is 5.82 Å². The van der Waals surface area contributed by atoms with E-state index >= 15 is 0 Å². The minimum absolute atomic E-state index is 0.176. The maximum Gasteiger partial charge on any atom is 0.407 e. The highest BCUT2D eigenvalue weighted by molar-refractivity contribution is 6.03. The quantitative estimate of drug-likeness (QED) is 0.221. The van der Waals surface area contributed by atoms with Gasteiger partial charge in [-0.25, -0.2) is 23.6 Å². The fourth-order valence-electron chi connectivity index (χ4n) is 6.12. The fraction of sp³-hybridized carbons (Fsp3) is 0.378. The first-order chi connectivity index (χ1) is 25.0. The van der Waals surface area contributed by atoms with Gasteiger partial charge in [0, 0.05) is 24.8 Å². The summed E-state index contributed by atoms with van der Waals surface area (Å²) in [6, 6.07) is 15.0. The first kappa shape index (κ1) is 37.4. The summed E-state index contributed by atoms with van der Waals surface area (Å²) in [5, 5.41) is 7.69. The van der Waals surface area contributed by atoms with Gasteiger partial charge in [-0.05, 0) is 68.3 Å². The molecule has 0 spiro atoms. The number of halogens is 1. The van der Waals surface area contributed by atoms with Gasteiger partial charge in [-0.15, -0.1) is 0 Å². The molecule has 1 aliphatic rings. The number of anilines is 2. The number of amides is 4. The van der Waals surface area contributed by atoms with Crippen LogP contribution in [-0.2, 0) is 9.53 Å². The van der Waals surface area contributed by atoms with E-state index in [1.807, 2.05) is 18.9 Å². The average molecular weight is 718 g/mol.